The van der Waals surface area contributed by atoms with Crippen LogP contribution in [0.25, 0.3) is 0 Å². The van der Waals surface area contributed by atoms with E-state index in [-0.39, 0.29) is 46.0 Å². The van der Waals surface area contributed by atoms with E-state index in [4.69, 9.17) is 17.3 Å². The third-order valence-corrected chi connectivity index (χ3v) is 8.35. The minimum absolute atomic E-state index is 0.0346. The van der Waals surface area contributed by atoms with Gasteiger partial charge in [0.1, 0.15) is 28.9 Å². The number of aromatic amines is 1. The smallest absolute Gasteiger partial charge is 0.258 e. The lowest BCUT2D eigenvalue weighted by atomic mass is 9.69. The van der Waals surface area contributed by atoms with Gasteiger partial charge in [0.15, 0.2) is 5.16 Å². The molecule has 0 saturated heterocycles. The lowest BCUT2D eigenvalue weighted by Gasteiger charge is -2.34. The molecule has 1 unspecified atom stereocenters. The maximum atomic E-state index is 14.5. The number of anilines is 2. The van der Waals surface area contributed by atoms with Gasteiger partial charge in [-0.3, -0.25) is 9.59 Å². The van der Waals surface area contributed by atoms with E-state index in [1.165, 1.54) is 11.0 Å². The van der Waals surface area contributed by atoms with Crippen molar-refractivity contribution in [1.29, 1.82) is 5.26 Å². The van der Waals surface area contributed by atoms with Crippen LogP contribution >= 0.6 is 23.4 Å². The van der Waals surface area contributed by atoms with Crippen LogP contribution in [-0.2, 0) is 22.5 Å². The Bertz CT molecular complexity index is 1830. The van der Waals surface area contributed by atoms with Gasteiger partial charge in [0.2, 0.25) is 5.91 Å². The largest absolute Gasteiger partial charge is 0.384 e. The first-order chi connectivity index (χ1) is 19.4. The molecular weight excluding hydrogens is 551 g/mol. The van der Waals surface area contributed by atoms with Gasteiger partial charge in [-0.05, 0) is 29.3 Å². The Labute approximate surface area is 237 Å². The lowest BCUT2D eigenvalue weighted by molar-refractivity contribution is -0.120. The molecule has 8 nitrogen and oxygen atoms in total. The van der Waals surface area contributed by atoms with E-state index in [9.17, 15) is 19.2 Å². The molecule has 1 atom stereocenters. The van der Waals surface area contributed by atoms with Crippen LogP contribution in [0.15, 0.2) is 94.1 Å². The number of benzene rings is 3. The fourth-order valence-corrected chi connectivity index (χ4v) is 6.31. The molecule has 11 heteroatoms. The second-order valence-corrected chi connectivity index (χ2v) is 10.6. The van der Waals surface area contributed by atoms with E-state index in [0.717, 1.165) is 11.8 Å². The molecule has 0 fully saturated rings. The topological polar surface area (TPSA) is 128 Å². The zero-order chi connectivity index (χ0) is 28.0. The Morgan fingerprint density at radius 1 is 1.05 bits per heavy atom. The quantitative estimate of drug-likeness (QED) is 0.232. The molecule has 3 heterocycles. The number of aromatic nitrogens is 2. The molecule has 4 N–H and O–H groups in total. The maximum Gasteiger partial charge on any atom is 0.258 e. The summed E-state index contributed by atoms with van der Waals surface area (Å²) < 4.78 is 14.2. The zero-order valence-electron chi connectivity index (χ0n) is 20.7. The average Bonchev–Trinajstić information content (AvgIpc) is 3.17. The number of carbonyl (C=O) groups excluding carboxylic acids is 1. The molecule has 4 aromatic rings. The summed E-state index contributed by atoms with van der Waals surface area (Å²) in [6.07, 6.45) is 0. The predicted octanol–water partition coefficient (Wildman–Crippen LogP) is 4.81. The Morgan fingerprint density at radius 2 is 1.75 bits per heavy atom. The molecule has 1 amide bonds. The number of hydrogen-bond acceptors (Lipinski definition) is 7. The maximum absolute atomic E-state index is 14.5. The number of fused-ring (bicyclic) bond motifs is 4. The molecule has 6 rings (SSSR count). The van der Waals surface area contributed by atoms with Crippen molar-refractivity contribution in [1.82, 2.24) is 9.97 Å². The van der Waals surface area contributed by atoms with E-state index in [1.54, 1.807) is 54.6 Å². The monoisotopic (exact) mass is 570 g/mol. The summed E-state index contributed by atoms with van der Waals surface area (Å²) in [5, 5.41) is 13.8. The molecule has 0 radical (unpaired) electrons. The summed E-state index contributed by atoms with van der Waals surface area (Å²) in [6.45, 7) is 0.112. The Balaban J connectivity index is 1.50. The fraction of sp³-hybridized carbons (Fsp3) is 0.103. The number of nitrogens with zero attached hydrogens (tertiary/aromatic N) is 3. The number of amides is 1. The number of nitrogens with one attached hydrogen (secondary N) is 2. The first kappa shape index (κ1) is 25.7. The number of nitriles is 1. The average molecular weight is 571 g/mol. The molecule has 2 aliphatic rings. The Hall–Kier alpha value is -4.59. The van der Waals surface area contributed by atoms with Crippen LogP contribution in [0.1, 0.15) is 22.3 Å². The highest BCUT2D eigenvalue weighted by Crippen LogP contribution is 2.53. The second kappa shape index (κ2) is 9.86. The van der Waals surface area contributed by atoms with Crippen molar-refractivity contribution in [2.45, 2.75) is 22.9 Å². The van der Waals surface area contributed by atoms with Crippen LogP contribution in [0.2, 0.25) is 5.02 Å². The van der Waals surface area contributed by atoms with E-state index >= 15 is 0 Å². The van der Waals surface area contributed by atoms with Gasteiger partial charge < -0.3 is 20.9 Å². The fourth-order valence-electron chi connectivity index (χ4n) is 5.27. The number of carbonyl (C=O) groups is 1. The number of hydrogen-bond donors (Lipinski definition) is 3. The second-order valence-electron chi connectivity index (χ2n) is 9.25. The number of thioether (sulfide) groups is 1. The van der Waals surface area contributed by atoms with Crippen molar-refractivity contribution < 1.29 is 9.18 Å². The highest BCUT2D eigenvalue weighted by Gasteiger charge is 2.60. The molecule has 0 saturated carbocycles. The third kappa shape index (κ3) is 3.86. The highest BCUT2D eigenvalue weighted by atomic mass is 35.5. The SMILES string of the molecule is N#CC1=C(N)Nc2nc(SCc3ccccc3F)[nH]c(=O)c2C12C(=O)N(Cc1ccccc1Cl)c1ccccc12. The number of halogens is 2. The van der Waals surface area contributed by atoms with Crippen LogP contribution in [0.4, 0.5) is 15.9 Å². The molecule has 3 aromatic carbocycles. The molecule has 198 valence electrons. The van der Waals surface area contributed by atoms with E-state index in [0.29, 0.717) is 27.4 Å². The first-order valence-electron chi connectivity index (χ1n) is 12.2. The molecule has 1 spiro atoms. The molecule has 0 bridgehead atoms. The van der Waals surface area contributed by atoms with Crippen LogP contribution in [0, 0.1) is 17.1 Å². The van der Waals surface area contributed by atoms with Crippen molar-refractivity contribution >= 4 is 40.8 Å². The van der Waals surface area contributed by atoms with Gasteiger partial charge in [0.25, 0.3) is 5.56 Å². The van der Waals surface area contributed by atoms with E-state index in [2.05, 4.69) is 21.4 Å². The van der Waals surface area contributed by atoms with Gasteiger partial charge in [0, 0.05) is 22.0 Å². The molecule has 40 heavy (non-hydrogen) atoms. The molecule has 0 aliphatic carbocycles. The van der Waals surface area contributed by atoms with Crippen molar-refractivity contribution in [2.24, 2.45) is 5.73 Å². The molecular formula is C29H20ClFN6O2S. The van der Waals surface area contributed by atoms with Crippen LogP contribution in [0.5, 0.6) is 0 Å². The van der Waals surface area contributed by atoms with Crippen LogP contribution in [0.3, 0.4) is 0 Å². The van der Waals surface area contributed by atoms with E-state index < -0.39 is 16.9 Å². The lowest BCUT2D eigenvalue weighted by Crippen LogP contribution is -2.49. The summed E-state index contributed by atoms with van der Waals surface area (Å²) in [5.41, 5.74) is 5.86. The number of rotatable bonds is 5. The Kier molecular flexibility index (Phi) is 6.33. The van der Waals surface area contributed by atoms with E-state index in [1.807, 2.05) is 12.1 Å². The summed E-state index contributed by atoms with van der Waals surface area (Å²) in [6, 6.07) is 22.5. The number of H-pyrrole nitrogens is 1. The third-order valence-electron chi connectivity index (χ3n) is 7.06. The zero-order valence-corrected chi connectivity index (χ0v) is 22.3. The minimum atomic E-state index is -1.83. The van der Waals surface area contributed by atoms with Gasteiger partial charge >= 0.3 is 0 Å². The van der Waals surface area contributed by atoms with Gasteiger partial charge in [-0.1, -0.05) is 78.0 Å². The standard InChI is InChI=1S/C29H20ClFN6O2S/c30-20-10-4-1-7-16(20)14-37-22-12-6-3-9-18(22)29(27(37)39)19(13-32)24(33)34-25-23(29)26(38)36-28(35-25)40-15-17-8-2-5-11-21(17)31/h1-12H,14-15,33H2,(H2,34,35,36,38). The molecule has 1 aromatic heterocycles. The molecule has 2 aliphatic heterocycles. The van der Waals surface area contributed by atoms with Gasteiger partial charge in [-0.2, -0.15) is 5.26 Å². The number of para-hydroxylation sites is 1. The predicted molar refractivity (Wildman–Crippen MR) is 151 cm³/mol. The van der Waals surface area contributed by atoms with Crippen LogP contribution < -0.4 is 21.5 Å². The summed E-state index contributed by atoms with van der Waals surface area (Å²) in [4.78, 5) is 37.1. The van der Waals surface area contributed by atoms with Crippen molar-refractivity contribution in [3.8, 4) is 6.07 Å². The Morgan fingerprint density at radius 3 is 2.50 bits per heavy atom. The van der Waals surface area contributed by atoms with Gasteiger partial charge in [0.05, 0.1) is 17.7 Å². The van der Waals surface area contributed by atoms with Crippen LogP contribution in [-0.4, -0.2) is 15.9 Å². The summed E-state index contributed by atoms with van der Waals surface area (Å²) in [7, 11) is 0. The first-order valence-corrected chi connectivity index (χ1v) is 13.6. The van der Waals surface area contributed by atoms with Crippen molar-refractivity contribution in [2.75, 3.05) is 10.2 Å². The summed E-state index contributed by atoms with van der Waals surface area (Å²) in [5.74, 6) is -0.707. The highest BCUT2D eigenvalue weighted by molar-refractivity contribution is 7.98. The normalized spacial score (nSPS) is 17.4. The number of nitrogens with two attached hydrogens (primary N) is 1. The van der Waals surface area contributed by atoms with Crippen molar-refractivity contribution in [3.63, 3.8) is 0 Å². The summed E-state index contributed by atoms with van der Waals surface area (Å²) >= 11 is 7.55. The van der Waals surface area contributed by atoms with Crippen molar-refractivity contribution in [3.05, 3.63) is 128 Å². The van der Waals surface area contributed by atoms with Gasteiger partial charge in [-0.15, -0.1) is 0 Å². The minimum Gasteiger partial charge on any atom is -0.384 e. The van der Waals surface area contributed by atoms with Gasteiger partial charge in [-0.25, -0.2) is 9.37 Å².